The van der Waals surface area contributed by atoms with Gasteiger partial charge in [-0.05, 0) is 31.0 Å². The Morgan fingerprint density at radius 2 is 2.25 bits per heavy atom. The smallest absolute Gasteiger partial charge is 0.103 e. The van der Waals surface area contributed by atoms with Gasteiger partial charge in [0.1, 0.15) is 5.60 Å². The highest BCUT2D eigenvalue weighted by molar-refractivity contribution is 9.10. The third kappa shape index (κ3) is 2.84. The van der Waals surface area contributed by atoms with Gasteiger partial charge in [-0.2, -0.15) is 5.26 Å². The summed E-state index contributed by atoms with van der Waals surface area (Å²) in [4.78, 5) is 0. The van der Waals surface area contributed by atoms with Crippen LogP contribution in [-0.2, 0) is 5.60 Å². The van der Waals surface area contributed by atoms with Crippen molar-refractivity contribution in [3.8, 4) is 6.07 Å². The number of halogens is 1. The Kier molecular flexibility index (Phi) is 4.52. The van der Waals surface area contributed by atoms with Gasteiger partial charge >= 0.3 is 0 Å². The van der Waals surface area contributed by atoms with E-state index in [0.29, 0.717) is 6.42 Å². The molecule has 1 aromatic rings. The van der Waals surface area contributed by atoms with E-state index in [1.54, 1.807) is 6.92 Å². The van der Waals surface area contributed by atoms with Crippen molar-refractivity contribution in [1.82, 2.24) is 0 Å². The molecule has 0 aliphatic rings. The molecule has 3 heteroatoms. The van der Waals surface area contributed by atoms with Gasteiger partial charge in [0.25, 0.3) is 0 Å². The summed E-state index contributed by atoms with van der Waals surface area (Å²) in [6.45, 7) is 3.72. The van der Waals surface area contributed by atoms with Crippen LogP contribution in [0.5, 0.6) is 0 Å². The van der Waals surface area contributed by atoms with E-state index in [9.17, 15) is 5.11 Å². The van der Waals surface area contributed by atoms with Crippen molar-refractivity contribution in [2.45, 2.75) is 32.3 Å². The molecule has 1 aromatic carbocycles. The van der Waals surface area contributed by atoms with E-state index >= 15 is 0 Å². The second-order valence-corrected chi connectivity index (χ2v) is 5.04. The SMILES string of the molecule is CCCC(C#N)C(C)(O)c1cccc(Br)c1. The maximum Gasteiger partial charge on any atom is 0.103 e. The lowest BCUT2D eigenvalue weighted by atomic mass is 9.81. The average molecular weight is 282 g/mol. The van der Waals surface area contributed by atoms with Crippen molar-refractivity contribution in [3.63, 3.8) is 0 Å². The molecule has 2 unspecified atom stereocenters. The Morgan fingerprint density at radius 1 is 1.56 bits per heavy atom. The van der Waals surface area contributed by atoms with Gasteiger partial charge in [0.05, 0.1) is 12.0 Å². The van der Waals surface area contributed by atoms with Crippen LogP contribution in [0, 0.1) is 17.2 Å². The molecule has 2 atom stereocenters. The zero-order valence-corrected chi connectivity index (χ0v) is 11.2. The van der Waals surface area contributed by atoms with Crippen molar-refractivity contribution >= 4 is 15.9 Å². The summed E-state index contributed by atoms with van der Waals surface area (Å²) in [6.07, 6.45) is 1.60. The number of aliphatic hydroxyl groups is 1. The summed E-state index contributed by atoms with van der Waals surface area (Å²) in [7, 11) is 0. The van der Waals surface area contributed by atoms with Crippen molar-refractivity contribution in [2.75, 3.05) is 0 Å². The van der Waals surface area contributed by atoms with E-state index in [1.807, 2.05) is 31.2 Å². The van der Waals surface area contributed by atoms with Crippen LogP contribution in [0.15, 0.2) is 28.7 Å². The molecule has 0 aliphatic carbocycles. The minimum Gasteiger partial charge on any atom is -0.384 e. The molecule has 0 fully saturated rings. The van der Waals surface area contributed by atoms with E-state index in [0.717, 1.165) is 16.5 Å². The molecule has 0 saturated heterocycles. The number of rotatable bonds is 4. The predicted octanol–water partition coefficient (Wildman–Crippen LogP) is 3.60. The van der Waals surface area contributed by atoms with Crippen LogP contribution in [0.2, 0.25) is 0 Å². The lowest BCUT2D eigenvalue weighted by molar-refractivity contribution is 0.0130. The van der Waals surface area contributed by atoms with E-state index in [2.05, 4.69) is 22.0 Å². The summed E-state index contributed by atoms with van der Waals surface area (Å²) >= 11 is 3.37. The fraction of sp³-hybridized carbons (Fsp3) is 0.462. The monoisotopic (exact) mass is 281 g/mol. The van der Waals surface area contributed by atoms with Gasteiger partial charge < -0.3 is 5.11 Å². The third-order valence-corrected chi connectivity index (χ3v) is 3.31. The minimum absolute atomic E-state index is 0.369. The third-order valence-electron chi connectivity index (χ3n) is 2.82. The van der Waals surface area contributed by atoms with Gasteiger partial charge in [-0.1, -0.05) is 41.4 Å². The molecule has 1 rings (SSSR count). The quantitative estimate of drug-likeness (QED) is 0.917. The summed E-state index contributed by atoms with van der Waals surface area (Å²) in [6, 6.07) is 9.68. The molecule has 0 aromatic heterocycles. The van der Waals surface area contributed by atoms with E-state index in [4.69, 9.17) is 5.26 Å². The number of benzene rings is 1. The molecule has 0 bridgehead atoms. The lowest BCUT2D eigenvalue weighted by Crippen LogP contribution is -2.30. The molecule has 0 saturated carbocycles. The first-order chi connectivity index (χ1) is 7.52. The maximum atomic E-state index is 10.5. The van der Waals surface area contributed by atoms with Gasteiger partial charge in [-0.25, -0.2) is 0 Å². The number of nitriles is 1. The fourth-order valence-electron chi connectivity index (χ4n) is 1.76. The Balaban J connectivity index is 3.04. The van der Waals surface area contributed by atoms with Crippen molar-refractivity contribution in [3.05, 3.63) is 34.3 Å². The second kappa shape index (κ2) is 5.47. The second-order valence-electron chi connectivity index (χ2n) is 4.13. The van der Waals surface area contributed by atoms with Crippen molar-refractivity contribution in [1.29, 1.82) is 5.26 Å². The molecule has 0 amide bonds. The first-order valence-electron chi connectivity index (χ1n) is 5.40. The van der Waals surface area contributed by atoms with Gasteiger partial charge in [0.2, 0.25) is 0 Å². The van der Waals surface area contributed by atoms with Gasteiger partial charge in [-0.15, -0.1) is 0 Å². The van der Waals surface area contributed by atoms with Crippen LogP contribution in [0.1, 0.15) is 32.3 Å². The minimum atomic E-state index is -1.09. The summed E-state index contributed by atoms with van der Waals surface area (Å²) in [5, 5.41) is 19.6. The molecule has 0 aliphatic heterocycles. The molecule has 0 heterocycles. The Morgan fingerprint density at radius 3 is 2.75 bits per heavy atom. The van der Waals surface area contributed by atoms with Gasteiger partial charge in [0.15, 0.2) is 0 Å². The van der Waals surface area contributed by atoms with E-state index in [1.165, 1.54) is 0 Å². The Hall–Kier alpha value is -0.850. The molecule has 0 spiro atoms. The molecular weight excluding hydrogens is 266 g/mol. The molecule has 16 heavy (non-hydrogen) atoms. The predicted molar refractivity (Wildman–Crippen MR) is 67.7 cm³/mol. The number of hydrogen-bond donors (Lipinski definition) is 1. The van der Waals surface area contributed by atoms with Gasteiger partial charge in [0, 0.05) is 4.47 Å². The Bertz CT molecular complexity index is 395. The average Bonchev–Trinajstić information content (AvgIpc) is 2.25. The molecule has 1 N–H and O–H groups in total. The van der Waals surface area contributed by atoms with Crippen LogP contribution < -0.4 is 0 Å². The zero-order valence-electron chi connectivity index (χ0n) is 9.57. The first-order valence-corrected chi connectivity index (χ1v) is 6.19. The summed E-state index contributed by atoms with van der Waals surface area (Å²) < 4.78 is 0.915. The molecular formula is C13H16BrNO. The highest BCUT2D eigenvalue weighted by atomic mass is 79.9. The van der Waals surface area contributed by atoms with Gasteiger partial charge in [-0.3, -0.25) is 0 Å². The molecule has 86 valence electrons. The normalized spacial score (nSPS) is 16.2. The van der Waals surface area contributed by atoms with Crippen LogP contribution >= 0.6 is 15.9 Å². The van der Waals surface area contributed by atoms with Crippen LogP contribution in [-0.4, -0.2) is 5.11 Å². The van der Waals surface area contributed by atoms with E-state index in [-0.39, 0.29) is 5.92 Å². The van der Waals surface area contributed by atoms with E-state index < -0.39 is 5.60 Å². The Labute approximate surface area is 105 Å². The maximum absolute atomic E-state index is 10.5. The molecule has 2 nitrogen and oxygen atoms in total. The highest BCUT2D eigenvalue weighted by Crippen LogP contribution is 2.33. The summed E-state index contributed by atoms with van der Waals surface area (Å²) in [5.74, 6) is -0.369. The van der Waals surface area contributed by atoms with Crippen LogP contribution in [0.3, 0.4) is 0 Å². The fourth-order valence-corrected chi connectivity index (χ4v) is 2.16. The zero-order chi connectivity index (χ0) is 12.2. The first kappa shape index (κ1) is 13.2. The van der Waals surface area contributed by atoms with Crippen LogP contribution in [0.4, 0.5) is 0 Å². The van der Waals surface area contributed by atoms with Crippen LogP contribution in [0.25, 0.3) is 0 Å². The number of nitrogens with zero attached hydrogens (tertiary/aromatic N) is 1. The topological polar surface area (TPSA) is 44.0 Å². The largest absolute Gasteiger partial charge is 0.384 e. The number of hydrogen-bond acceptors (Lipinski definition) is 2. The van der Waals surface area contributed by atoms with Crippen molar-refractivity contribution < 1.29 is 5.11 Å². The van der Waals surface area contributed by atoms with Crippen molar-refractivity contribution in [2.24, 2.45) is 5.92 Å². The standard InChI is InChI=1S/C13H16BrNO/c1-3-5-11(9-15)13(2,16)10-6-4-7-12(14)8-10/h4,6-8,11,16H,3,5H2,1-2H3. The summed E-state index contributed by atoms with van der Waals surface area (Å²) in [5.41, 5.74) is -0.309. The molecule has 0 radical (unpaired) electrons. The highest BCUT2D eigenvalue weighted by Gasteiger charge is 2.33. The lowest BCUT2D eigenvalue weighted by Gasteiger charge is -2.28.